The van der Waals surface area contributed by atoms with Crippen LogP contribution in [-0.2, 0) is 20.8 Å². The van der Waals surface area contributed by atoms with Gasteiger partial charge in [0.15, 0.2) is 5.96 Å². The number of nitrogens with zero attached hydrogens (tertiary/aromatic N) is 4. The summed E-state index contributed by atoms with van der Waals surface area (Å²) in [7, 11) is 0. The smallest absolute Gasteiger partial charge is 0.271 e. The van der Waals surface area contributed by atoms with E-state index < -0.39 is 29.8 Å². The number of hydrogen-bond acceptors (Lipinski definition) is 8. The first-order chi connectivity index (χ1) is 21.2. The number of nitrogens with one attached hydrogen (secondary N) is 4. The van der Waals surface area contributed by atoms with E-state index in [9.17, 15) is 19.2 Å². The van der Waals surface area contributed by atoms with Crippen LogP contribution in [0.5, 0.6) is 0 Å². The van der Waals surface area contributed by atoms with Gasteiger partial charge in [0.25, 0.3) is 5.91 Å². The van der Waals surface area contributed by atoms with E-state index in [0.29, 0.717) is 19.6 Å². The van der Waals surface area contributed by atoms with Crippen molar-refractivity contribution in [3.05, 3.63) is 60.2 Å². The number of rotatable bonds is 14. The summed E-state index contributed by atoms with van der Waals surface area (Å²) in [5, 5.41) is 16.1. The van der Waals surface area contributed by atoms with Crippen LogP contribution in [0.25, 0.3) is 0 Å². The summed E-state index contributed by atoms with van der Waals surface area (Å²) in [6.45, 7) is 2.00. The average molecular weight is 607 g/mol. The molecule has 1 aliphatic carbocycles. The largest absolute Gasteiger partial charge is 0.370 e. The molecule has 2 fully saturated rings. The Balaban J connectivity index is 1.39. The highest BCUT2D eigenvalue weighted by atomic mass is 16.2. The van der Waals surface area contributed by atoms with Crippen LogP contribution in [0.4, 0.5) is 0 Å². The molecule has 2 aliphatic rings. The minimum atomic E-state index is -1.14. The number of hydrogen-bond donors (Lipinski definition) is 6. The molecule has 236 valence electrons. The molecular formula is C30H42N10O4. The second-order valence-corrected chi connectivity index (χ2v) is 11.3. The lowest BCUT2D eigenvalue weighted by molar-refractivity contribution is -0.139. The van der Waals surface area contributed by atoms with E-state index in [1.807, 2.05) is 30.3 Å². The molecule has 1 aliphatic heterocycles. The molecule has 1 saturated carbocycles. The number of aromatic nitrogens is 2. The third-order valence-electron chi connectivity index (χ3n) is 7.79. The van der Waals surface area contributed by atoms with Crippen LogP contribution in [0.3, 0.4) is 0 Å². The highest BCUT2D eigenvalue weighted by molar-refractivity contribution is 5.94. The molecule has 8 N–H and O–H groups in total. The minimum Gasteiger partial charge on any atom is -0.370 e. The Kier molecular flexibility index (Phi) is 11.6. The Labute approximate surface area is 256 Å². The van der Waals surface area contributed by atoms with Gasteiger partial charge >= 0.3 is 0 Å². The molecule has 2 heterocycles. The SMILES string of the molecule is N=C(N)N1CCC[C@@H](CNC(=O)C[C@H](NC(=O)[C@@H](N)Cc2ccccc2)C(=O)N(CCNC(=O)c2cnccn2)C2CC2)C1. The first kappa shape index (κ1) is 32.3. The predicted octanol–water partition coefficient (Wildman–Crippen LogP) is -0.636. The topological polar surface area (TPSA) is 213 Å². The van der Waals surface area contributed by atoms with Gasteiger partial charge in [-0.1, -0.05) is 30.3 Å². The molecule has 3 atom stereocenters. The normalized spacial score (nSPS) is 17.6. The molecule has 44 heavy (non-hydrogen) atoms. The van der Waals surface area contributed by atoms with E-state index in [0.717, 1.165) is 31.2 Å². The zero-order chi connectivity index (χ0) is 31.5. The molecule has 14 nitrogen and oxygen atoms in total. The molecule has 1 aromatic heterocycles. The fourth-order valence-corrected chi connectivity index (χ4v) is 5.26. The molecule has 4 rings (SSSR count). The third kappa shape index (κ3) is 9.73. The summed E-state index contributed by atoms with van der Waals surface area (Å²) in [4.78, 5) is 63.8. The predicted molar refractivity (Wildman–Crippen MR) is 163 cm³/mol. The van der Waals surface area contributed by atoms with Crippen molar-refractivity contribution in [3.63, 3.8) is 0 Å². The molecule has 14 heteroatoms. The van der Waals surface area contributed by atoms with Crippen molar-refractivity contribution in [2.24, 2.45) is 17.4 Å². The standard InChI is InChI=1S/C30H42N10O4/c31-23(15-20-5-2-1-3-6-20)27(42)38-24(16-26(41)37-17-21-7-4-13-39(19-21)30(32)33)29(44)40(22-8-9-22)14-12-36-28(43)25-18-34-10-11-35-25/h1-3,5-6,10-11,18,21-24H,4,7-9,12-17,19,31H2,(H3,32,33)(H,36,43)(H,37,41)(H,38,42)/t21-,23-,24-/m0/s1. The van der Waals surface area contributed by atoms with Crippen LogP contribution in [0, 0.1) is 11.3 Å². The van der Waals surface area contributed by atoms with Crippen molar-refractivity contribution in [1.82, 2.24) is 35.7 Å². The number of guanidine groups is 1. The summed E-state index contributed by atoms with van der Waals surface area (Å²) in [6, 6.07) is 7.21. The maximum atomic E-state index is 13.9. The van der Waals surface area contributed by atoms with Gasteiger partial charge in [0.05, 0.1) is 18.7 Å². The zero-order valence-corrected chi connectivity index (χ0v) is 24.8. The van der Waals surface area contributed by atoms with E-state index in [1.54, 1.807) is 9.80 Å². The molecule has 0 radical (unpaired) electrons. The number of benzene rings is 1. The van der Waals surface area contributed by atoms with Crippen LogP contribution in [-0.4, -0.2) is 100 Å². The fraction of sp³-hybridized carbons (Fsp3) is 0.500. The van der Waals surface area contributed by atoms with Gasteiger partial charge in [-0.25, -0.2) is 4.98 Å². The van der Waals surface area contributed by atoms with Crippen LogP contribution in [0.1, 0.15) is 48.2 Å². The molecular weight excluding hydrogens is 564 g/mol. The second kappa shape index (κ2) is 15.8. The molecule has 4 amide bonds. The van der Waals surface area contributed by atoms with Crippen molar-refractivity contribution in [2.75, 3.05) is 32.7 Å². The third-order valence-corrected chi connectivity index (χ3v) is 7.79. The first-order valence-corrected chi connectivity index (χ1v) is 15.0. The lowest BCUT2D eigenvalue weighted by Crippen LogP contribution is -2.55. The molecule has 2 aromatic rings. The van der Waals surface area contributed by atoms with E-state index in [4.69, 9.17) is 16.9 Å². The molecule has 0 unspecified atom stereocenters. The number of nitrogens with two attached hydrogens (primary N) is 2. The van der Waals surface area contributed by atoms with E-state index in [1.165, 1.54) is 18.6 Å². The lowest BCUT2D eigenvalue weighted by Gasteiger charge is -2.33. The maximum Gasteiger partial charge on any atom is 0.271 e. The van der Waals surface area contributed by atoms with E-state index >= 15 is 0 Å². The fourth-order valence-electron chi connectivity index (χ4n) is 5.26. The van der Waals surface area contributed by atoms with Crippen LogP contribution >= 0.6 is 0 Å². The minimum absolute atomic E-state index is 0.00861. The molecule has 0 bridgehead atoms. The Morgan fingerprint density at radius 2 is 1.86 bits per heavy atom. The molecule has 1 aromatic carbocycles. The van der Waals surface area contributed by atoms with E-state index in [2.05, 4.69) is 25.9 Å². The van der Waals surface area contributed by atoms with Crippen molar-refractivity contribution < 1.29 is 19.2 Å². The highest BCUT2D eigenvalue weighted by Crippen LogP contribution is 2.27. The number of carbonyl (C=O) groups excluding carboxylic acids is 4. The number of amides is 4. The Bertz CT molecular complexity index is 1290. The monoisotopic (exact) mass is 606 g/mol. The highest BCUT2D eigenvalue weighted by Gasteiger charge is 2.37. The number of piperidine rings is 1. The van der Waals surface area contributed by atoms with Crippen molar-refractivity contribution in [3.8, 4) is 0 Å². The molecule has 1 saturated heterocycles. The second-order valence-electron chi connectivity index (χ2n) is 11.3. The molecule has 0 spiro atoms. The quantitative estimate of drug-likeness (QED) is 0.119. The van der Waals surface area contributed by atoms with Gasteiger partial charge in [0.2, 0.25) is 17.7 Å². The van der Waals surface area contributed by atoms with Crippen molar-refractivity contribution in [1.29, 1.82) is 5.41 Å². The van der Waals surface area contributed by atoms with Gasteiger partial charge in [-0.3, -0.25) is 29.6 Å². The summed E-state index contributed by atoms with van der Waals surface area (Å²) in [6.07, 6.45) is 7.58. The first-order valence-electron chi connectivity index (χ1n) is 15.0. The summed E-state index contributed by atoms with van der Waals surface area (Å²) in [5.41, 5.74) is 12.9. The Hall–Kier alpha value is -4.59. The van der Waals surface area contributed by atoms with Gasteiger partial charge in [0.1, 0.15) is 11.7 Å². The van der Waals surface area contributed by atoms with Gasteiger partial charge in [-0.2, -0.15) is 0 Å². The van der Waals surface area contributed by atoms with Crippen molar-refractivity contribution >= 4 is 29.6 Å². The summed E-state index contributed by atoms with van der Waals surface area (Å²) in [5.74, 6) is -1.61. The van der Waals surface area contributed by atoms with Gasteiger partial charge in [-0.05, 0) is 43.6 Å². The van der Waals surface area contributed by atoms with Crippen LogP contribution < -0.4 is 27.4 Å². The number of carbonyl (C=O) groups is 4. The van der Waals surface area contributed by atoms with Crippen LogP contribution in [0.2, 0.25) is 0 Å². The van der Waals surface area contributed by atoms with Crippen molar-refractivity contribution in [2.45, 2.75) is 56.7 Å². The lowest BCUT2D eigenvalue weighted by atomic mass is 9.98. The summed E-state index contributed by atoms with van der Waals surface area (Å²) >= 11 is 0. The number of likely N-dealkylation sites (tertiary alicyclic amines) is 1. The van der Waals surface area contributed by atoms with Gasteiger partial charge in [-0.15, -0.1) is 0 Å². The zero-order valence-electron chi connectivity index (χ0n) is 24.8. The Morgan fingerprint density at radius 1 is 1.09 bits per heavy atom. The van der Waals surface area contributed by atoms with Crippen LogP contribution in [0.15, 0.2) is 48.9 Å². The van der Waals surface area contributed by atoms with E-state index in [-0.39, 0.29) is 55.5 Å². The maximum absolute atomic E-state index is 13.9. The Morgan fingerprint density at radius 3 is 2.55 bits per heavy atom. The summed E-state index contributed by atoms with van der Waals surface area (Å²) < 4.78 is 0. The van der Waals surface area contributed by atoms with Gasteiger partial charge in [0, 0.05) is 51.2 Å². The average Bonchev–Trinajstić information content (AvgIpc) is 3.88. The van der Waals surface area contributed by atoms with Gasteiger partial charge < -0.3 is 37.2 Å².